The van der Waals surface area contributed by atoms with Crippen molar-refractivity contribution in [3.8, 4) is 5.82 Å². The van der Waals surface area contributed by atoms with Gasteiger partial charge in [0.15, 0.2) is 0 Å². The molecule has 0 bridgehead atoms. The molecule has 24 heavy (non-hydrogen) atoms. The summed E-state index contributed by atoms with van der Waals surface area (Å²) in [6.45, 7) is 2.03. The number of carbonyl (C=O) groups is 1. The Balaban J connectivity index is 1.59. The molecule has 1 atom stereocenters. The van der Waals surface area contributed by atoms with E-state index in [2.05, 4.69) is 27.4 Å². The SMILES string of the molecule is C[C@@H](CCc1ccccc1)NC(=O)c1ccnc(-n2ccnc2)c1. The van der Waals surface area contributed by atoms with Gasteiger partial charge in [0.25, 0.3) is 5.91 Å². The molecule has 1 aromatic carbocycles. The second-order valence-corrected chi connectivity index (χ2v) is 5.77. The van der Waals surface area contributed by atoms with Crippen molar-refractivity contribution in [2.24, 2.45) is 0 Å². The summed E-state index contributed by atoms with van der Waals surface area (Å²) in [6.07, 6.45) is 8.62. The van der Waals surface area contributed by atoms with Crippen LogP contribution in [-0.2, 0) is 6.42 Å². The van der Waals surface area contributed by atoms with Gasteiger partial charge in [-0.05, 0) is 37.5 Å². The molecule has 3 rings (SSSR count). The fraction of sp³-hybridized carbons (Fsp3) is 0.211. The van der Waals surface area contributed by atoms with Gasteiger partial charge < -0.3 is 5.32 Å². The Kier molecular flexibility index (Phi) is 5.01. The quantitative estimate of drug-likeness (QED) is 0.759. The summed E-state index contributed by atoms with van der Waals surface area (Å²) in [7, 11) is 0. The Morgan fingerprint density at radius 1 is 1.21 bits per heavy atom. The first-order valence-corrected chi connectivity index (χ1v) is 8.01. The summed E-state index contributed by atoms with van der Waals surface area (Å²) in [5.41, 5.74) is 1.88. The number of rotatable bonds is 6. The number of hydrogen-bond acceptors (Lipinski definition) is 3. The van der Waals surface area contributed by atoms with E-state index >= 15 is 0 Å². The maximum Gasteiger partial charge on any atom is 0.251 e. The van der Waals surface area contributed by atoms with Crippen molar-refractivity contribution >= 4 is 5.91 Å². The average Bonchev–Trinajstić information content (AvgIpc) is 3.16. The van der Waals surface area contributed by atoms with Crippen LogP contribution in [0.4, 0.5) is 0 Å². The van der Waals surface area contributed by atoms with E-state index in [4.69, 9.17) is 0 Å². The van der Waals surface area contributed by atoms with E-state index in [0.29, 0.717) is 11.4 Å². The van der Waals surface area contributed by atoms with Gasteiger partial charge in [-0.15, -0.1) is 0 Å². The van der Waals surface area contributed by atoms with Crippen molar-refractivity contribution in [1.82, 2.24) is 19.9 Å². The number of nitrogens with one attached hydrogen (secondary N) is 1. The standard InChI is InChI=1S/C19H20N4O/c1-15(7-8-16-5-3-2-4-6-16)22-19(24)17-9-10-21-18(13-17)23-12-11-20-14-23/h2-6,9-15H,7-8H2,1H3,(H,22,24)/t15-/m0/s1. The first-order valence-electron chi connectivity index (χ1n) is 8.01. The molecule has 0 aliphatic heterocycles. The summed E-state index contributed by atoms with van der Waals surface area (Å²) in [6, 6.07) is 13.9. The minimum absolute atomic E-state index is 0.0840. The third kappa shape index (κ3) is 4.07. The van der Waals surface area contributed by atoms with Gasteiger partial charge in [0.05, 0.1) is 0 Å². The van der Waals surface area contributed by atoms with Crippen molar-refractivity contribution < 1.29 is 4.79 Å². The maximum atomic E-state index is 12.4. The summed E-state index contributed by atoms with van der Waals surface area (Å²) < 4.78 is 1.77. The zero-order valence-corrected chi connectivity index (χ0v) is 13.6. The topological polar surface area (TPSA) is 59.8 Å². The number of nitrogens with zero attached hydrogens (tertiary/aromatic N) is 3. The normalized spacial score (nSPS) is 11.9. The van der Waals surface area contributed by atoms with Gasteiger partial charge in [0.1, 0.15) is 12.1 Å². The number of benzene rings is 1. The van der Waals surface area contributed by atoms with Crippen LogP contribution >= 0.6 is 0 Å². The number of pyridine rings is 1. The predicted molar refractivity (Wildman–Crippen MR) is 93.1 cm³/mol. The lowest BCUT2D eigenvalue weighted by Gasteiger charge is -2.14. The number of aromatic nitrogens is 3. The minimum Gasteiger partial charge on any atom is -0.350 e. The van der Waals surface area contributed by atoms with Crippen LogP contribution in [0.25, 0.3) is 5.82 Å². The van der Waals surface area contributed by atoms with E-state index in [1.165, 1.54) is 5.56 Å². The number of amides is 1. The molecular weight excluding hydrogens is 300 g/mol. The molecule has 0 saturated carbocycles. The smallest absolute Gasteiger partial charge is 0.251 e. The highest BCUT2D eigenvalue weighted by Gasteiger charge is 2.11. The zero-order valence-electron chi connectivity index (χ0n) is 13.6. The second kappa shape index (κ2) is 7.55. The molecule has 2 heterocycles. The van der Waals surface area contributed by atoms with Gasteiger partial charge in [-0.25, -0.2) is 9.97 Å². The van der Waals surface area contributed by atoms with Crippen molar-refractivity contribution in [3.63, 3.8) is 0 Å². The Morgan fingerprint density at radius 3 is 2.79 bits per heavy atom. The van der Waals surface area contributed by atoms with Crippen LogP contribution in [0.2, 0.25) is 0 Å². The van der Waals surface area contributed by atoms with Gasteiger partial charge in [-0.3, -0.25) is 9.36 Å². The van der Waals surface area contributed by atoms with Gasteiger partial charge in [0, 0.05) is 30.2 Å². The van der Waals surface area contributed by atoms with Gasteiger partial charge in [-0.1, -0.05) is 30.3 Å². The molecule has 1 N–H and O–H groups in total. The van der Waals surface area contributed by atoms with E-state index in [0.717, 1.165) is 12.8 Å². The lowest BCUT2D eigenvalue weighted by atomic mass is 10.1. The van der Waals surface area contributed by atoms with Crippen molar-refractivity contribution in [3.05, 3.63) is 78.5 Å². The third-order valence-electron chi connectivity index (χ3n) is 3.86. The molecule has 0 radical (unpaired) electrons. The molecule has 0 aliphatic carbocycles. The minimum atomic E-state index is -0.0840. The summed E-state index contributed by atoms with van der Waals surface area (Å²) in [5, 5.41) is 3.05. The largest absolute Gasteiger partial charge is 0.350 e. The lowest BCUT2D eigenvalue weighted by molar-refractivity contribution is 0.0938. The van der Waals surface area contributed by atoms with E-state index in [9.17, 15) is 4.79 Å². The fourth-order valence-electron chi connectivity index (χ4n) is 2.50. The molecule has 3 aromatic rings. The molecule has 0 unspecified atom stereocenters. The van der Waals surface area contributed by atoms with Crippen LogP contribution < -0.4 is 5.32 Å². The van der Waals surface area contributed by atoms with Crippen LogP contribution in [-0.4, -0.2) is 26.5 Å². The molecule has 0 fully saturated rings. The van der Waals surface area contributed by atoms with E-state index in [-0.39, 0.29) is 11.9 Å². The van der Waals surface area contributed by atoms with E-state index in [1.807, 2.05) is 25.1 Å². The summed E-state index contributed by atoms with van der Waals surface area (Å²) in [4.78, 5) is 20.7. The summed E-state index contributed by atoms with van der Waals surface area (Å²) in [5.74, 6) is 0.594. The van der Waals surface area contributed by atoms with Crippen LogP contribution in [0.5, 0.6) is 0 Å². The Hall–Kier alpha value is -2.95. The van der Waals surface area contributed by atoms with Gasteiger partial charge in [-0.2, -0.15) is 0 Å². The van der Waals surface area contributed by atoms with Crippen molar-refractivity contribution in [1.29, 1.82) is 0 Å². The number of carbonyl (C=O) groups excluding carboxylic acids is 1. The maximum absolute atomic E-state index is 12.4. The highest BCUT2D eigenvalue weighted by Crippen LogP contribution is 2.09. The monoisotopic (exact) mass is 320 g/mol. The molecule has 0 spiro atoms. The molecular formula is C19H20N4O. The average molecular weight is 320 g/mol. The van der Waals surface area contributed by atoms with Crippen molar-refractivity contribution in [2.75, 3.05) is 0 Å². The van der Waals surface area contributed by atoms with Gasteiger partial charge in [0.2, 0.25) is 0 Å². The number of imidazole rings is 1. The van der Waals surface area contributed by atoms with Crippen LogP contribution in [0.3, 0.4) is 0 Å². The fourth-order valence-corrected chi connectivity index (χ4v) is 2.50. The molecule has 5 nitrogen and oxygen atoms in total. The van der Waals surface area contributed by atoms with E-state index in [1.54, 1.807) is 41.6 Å². The highest BCUT2D eigenvalue weighted by molar-refractivity contribution is 5.94. The third-order valence-corrected chi connectivity index (χ3v) is 3.86. The molecule has 122 valence electrons. The summed E-state index contributed by atoms with van der Waals surface area (Å²) >= 11 is 0. The molecule has 1 amide bonds. The first-order chi connectivity index (χ1) is 11.7. The first kappa shape index (κ1) is 15.9. The highest BCUT2D eigenvalue weighted by atomic mass is 16.1. The van der Waals surface area contributed by atoms with E-state index < -0.39 is 0 Å². The molecule has 0 saturated heterocycles. The molecule has 2 aromatic heterocycles. The Labute approximate surface area is 141 Å². The van der Waals surface area contributed by atoms with Crippen LogP contribution in [0.1, 0.15) is 29.3 Å². The molecule has 0 aliphatic rings. The lowest BCUT2D eigenvalue weighted by Crippen LogP contribution is -2.33. The number of aryl methyl sites for hydroxylation is 1. The Bertz CT molecular complexity index is 784. The van der Waals surface area contributed by atoms with Crippen molar-refractivity contribution in [2.45, 2.75) is 25.8 Å². The van der Waals surface area contributed by atoms with Crippen LogP contribution in [0, 0.1) is 0 Å². The number of hydrogen-bond donors (Lipinski definition) is 1. The Morgan fingerprint density at radius 2 is 2.04 bits per heavy atom. The predicted octanol–water partition coefficient (Wildman–Crippen LogP) is 3.02. The zero-order chi connectivity index (χ0) is 16.8. The molecule has 5 heteroatoms. The van der Waals surface area contributed by atoms with Gasteiger partial charge >= 0.3 is 0 Å². The second-order valence-electron chi connectivity index (χ2n) is 5.77. The van der Waals surface area contributed by atoms with Crippen LogP contribution in [0.15, 0.2) is 67.4 Å².